The fourth-order valence-corrected chi connectivity index (χ4v) is 2.32. The lowest BCUT2D eigenvalue weighted by molar-refractivity contribution is 0.187. The molecule has 0 bridgehead atoms. The molecule has 2 atom stereocenters. The molecule has 96 valence electrons. The van der Waals surface area contributed by atoms with E-state index in [1.54, 1.807) is 0 Å². The van der Waals surface area contributed by atoms with Crippen molar-refractivity contribution >= 4 is 21.6 Å². The second-order valence-corrected chi connectivity index (χ2v) is 5.41. The Morgan fingerprint density at radius 3 is 2.53 bits per heavy atom. The second kappa shape index (κ2) is 6.38. The third-order valence-corrected chi connectivity index (χ3v) is 3.43. The minimum absolute atomic E-state index is 0.0446. The molecule has 17 heavy (non-hydrogen) atoms. The van der Waals surface area contributed by atoms with Crippen molar-refractivity contribution in [2.24, 2.45) is 5.73 Å². The van der Waals surface area contributed by atoms with Gasteiger partial charge in [-0.25, -0.2) is 0 Å². The minimum atomic E-state index is -0.264. The SMILES string of the molecule is CC(O)CCN(C)c1ccc([C@@H](C)N)cc1Br. The van der Waals surface area contributed by atoms with E-state index >= 15 is 0 Å². The van der Waals surface area contributed by atoms with E-state index in [4.69, 9.17) is 5.73 Å². The predicted molar refractivity (Wildman–Crippen MR) is 76.3 cm³/mol. The predicted octanol–water partition coefficient (Wildman–Crippen LogP) is 2.68. The van der Waals surface area contributed by atoms with Crippen LogP contribution in [0.4, 0.5) is 5.69 Å². The van der Waals surface area contributed by atoms with Gasteiger partial charge in [0.05, 0.1) is 11.8 Å². The van der Waals surface area contributed by atoms with Crippen LogP contribution in [0.2, 0.25) is 0 Å². The van der Waals surface area contributed by atoms with Gasteiger partial charge in [0.25, 0.3) is 0 Å². The number of anilines is 1. The van der Waals surface area contributed by atoms with Crippen LogP contribution in [0.1, 0.15) is 31.9 Å². The van der Waals surface area contributed by atoms with Crippen molar-refractivity contribution in [2.75, 3.05) is 18.5 Å². The zero-order chi connectivity index (χ0) is 13.0. The Kier molecular flexibility index (Phi) is 5.43. The highest BCUT2D eigenvalue weighted by atomic mass is 79.9. The lowest BCUT2D eigenvalue weighted by atomic mass is 10.1. The largest absolute Gasteiger partial charge is 0.393 e. The van der Waals surface area contributed by atoms with Crippen molar-refractivity contribution in [3.8, 4) is 0 Å². The molecule has 0 amide bonds. The molecule has 0 radical (unpaired) electrons. The van der Waals surface area contributed by atoms with Gasteiger partial charge < -0.3 is 15.7 Å². The van der Waals surface area contributed by atoms with Gasteiger partial charge in [-0.3, -0.25) is 0 Å². The average Bonchev–Trinajstić information content (AvgIpc) is 2.25. The molecule has 0 aliphatic heterocycles. The van der Waals surface area contributed by atoms with Crippen LogP contribution in [0.3, 0.4) is 0 Å². The number of hydrogen-bond acceptors (Lipinski definition) is 3. The van der Waals surface area contributed by atoms with Crippen LogP contribution in [0.25, 0.3) is 0 Å². The maximum atomic E-state index is 9.28. The first-order valence-electron chi connectivity index (χ1n) is 5.86. The zero-order valence-electron chi connectivity index (χ0n) is 10.7. The van der Waals surface area contributed by atoms with E-state index in [2.05, 4.69) is 33.0 Å². The number of rotatable bonds is 5. The smallest absolute Gasteiger partial charge is 0.0528 e. The van der Waals surface area contributed by atoms with Crippen LogP contribution >= 0.6 is 15.9 Å². The van der Waals surface area contributed by atoms with Crippen LogP contribution in [-0.4, -0.2) is 24.8 Å². The first kappa shape index (κ1) is 14.5. The molecule has 0 aliphatic carbocycles. The van der Waals surface area contributed by atoms with E-state index < -0.39 is 0 Å². The van der Waals surface area contributed by atoms with Gasteiger partial charge in [-0.05, 0) is 53.9 Å². The summed E-state index contributed by atoms with van der Waals surface area (Å²) in [5, 5.41) is 9.28. The van der Waals surface area contributed by atoms with Gasteiger partial charge in [-0.2, -0.15) is 0 Å². The Morgan fingerprint density at radius 1 is 1.41 bits per heavy atom. The Balaban J connectivity index is 2.77. The maximum Gasteiger partial charge on any atom is 0.0528 e. The summed E-state index contributed by atoms with van der Waals surface area (Å²) >= 11 is 3.56. The van der Waals surface area contributed by atoms with Crippen molar-refractivity contribution in [2.45, 2.75) is 32.4 Å². The molecule has 3 nitrogen and oxygen atoms in total. The summed E-state index contributed by atoms with van der Waals surface area (Å²) in [4.78, 5) is 2.13. The van der Waals surface area contributed by atoms with Crippen molar-refractivity contribution in [1.29, 1.82) is 0 Å². The second-order valence-electron chi connectivity index (χ2n) is 4.56. The molecule has 0 saturated heterocycles. The highest BCUT2D eigenvalue weighted by molar-refractivity contribution is 9.10. The van der Waals surface area contributed by atoms with Gasteiger partial charge >= 0.3 is 0 Å². The third kappa shape index (κ3) is 4.30. The lowest BCUT2D eigenvalue weighted by Gasteiger charge is -2.22. The number of hydrogen-bond donors (Lipinski definition) is 2. The molecule has 0 aromatic heterocycles. The van der Waals surface area contributed by atoms with E-state index in [-0.39, 0.29) is 12.1 Å². The molecule has 1 aromatic rings. The summed E-state index contributed by atoms with van der Waals surface area (Å²) in [6, 6.07) is 6.20. The molecular weight excluding hydrogens is 280 g/mol. The Hall–Kier alpha value is -0.580. The highest BCUT2D eigenvalue weighted by Crippen LogP contribution is 2.28. The molecule has 0 fully saturated rings. The van der Waals surface area contributed by atoms with Crippen LogP contribution in [0, 0.1) is 0 Å². The number of aliphatic hydroxyl groups is 1. The normalized spacial score (nSPS) is 14.5. The average molecular weight is 301 g/mol. The minimum Gasteiger partial charge on any atom is -0.393 e. The molecular formula is C13H21BrN2O. The Labute approximate surface area is 112 Å². The van der Waals surface area contributed by atoms with Gasteiger partial charge in [-0.15, -0.1) is 0 Å². The van der Waals surface area contributed by atoms with Gasteiger partial charge in [0, 0.05) is 24.1 Å². The number of halogens is 1. The monoisotopic (exact) mass is 300 g/mol. The van der Waals surface area contributed by atoms with Crippen molar-refractivity contribution in [1.82, 2.24) is 0 Å². The van der Waals surface area contributed by atoms with E-state index in [0.29, 0.717) is 0 Å². The number of nitrogens with zero attached hydrogens (tertiary/aromatic N) is 1. The highest BCUT2D eigenvalue weighted by Gasteiger charge is 2.09. The van der Waals surface area contributed by atoms with Gasteiger partial charge in [0.1, 0.15) is 0 Å². The van der Waals surface area contributed by atoms with Crippen LogP contribution in [0.5, 0.6) is 0 Å². The first-order valence-corrected chi connectivity index (χ1v) is 6.65. The summed E-state index contributed by atoms with van der Waals surface area (Å²) in [6.45, 7) is 4.61. The van der Waals surface area contributed by atoms with E-state index in [1.165, 1.54) is 0 Å². The Bertz CT molecular complexity index is 366. The van der Waals surface area contributed by atoms with Crippen LogP contribution in [-0.2, 0) is 0 Å². The molecule has 4 heteroatoms. The van der Waals surface area contributed by atoms with Gasteiger partial charge in [0.15, 0.2) is 0 Å². The quantitative estimate of drug-likeness (QED) is 0.879. The fraction of sp³-hybridized carbons (Fsp3) is 0.538. The third-order valence-electron chi connectivity index (χ3n) is 2.79. The Morgan fingerprint density at radius 2 is 2.06 bits per heavy atom. The van der Waals surface area contributed by atoms with Gasteiger partial charge in [0.2, 0.25) is 0 Å². The van der Waals surface area contributed by atoms with Crippen LogP contribution in [0.15, 0.2) is 22.7 Å². The maximum absolute atomic E-state index is 9.28. The molecule has 1 aromatic carbocycles. The summed E-state index contributed by atoms with van der Waals surface area (Å²) in [5.74, 6) is 0. The molecule has 1 unspecified atom stereocenters. The molecule has 1 rings (SSSR count). The standard InChI is InChI=1S/C13H21BrN2O/c1-9(17)6-7-16(3)13-5-4-11(10(2)15)8-12(13)14/h4-5,8-10,17H,6-7,15H2,1-3H3/t9?,10-/m1/s1. The van der Waals surface area contributed by atoms with E-state index in [0.717, 1.165) is 28.7 Å². The first-order chi connectivity index (χ1) is 7.91. The summed E-state index contributed by atoms with van der Waals surface area (Å²) in [7, 11) is 2.02. The van der Waals surface area contributed by atoms with E-state index in [1.807, 2.05) is 27.0 Å². The summed E-state index contributed by atoms with van der Waals surface area (Å²) in [5.41, 5.74) is 8.08. The summed E-state index contributed by atoms with van der Waals surface area (Å²) < 4.78 is 1.04. The van der Waals surface area contributed by atoms with Crippen molar-refractivity contribution in [3.05, 3.63) is 28.2 Å². The van der Waals surface area contributed by atoms with Gasteiger partial charge in [-0.1, -0.05) is 6.07 Å². The van der Waals surface area contributed by atoms with Crippen molar-refractivity contribution < 1.29 is 5.11 Å². The lowest BCUT2D eigenvalue weighted by Crippen LogP contribution is -2.22. The summed E-state index contributed by atoms with van der Waals surface area (Å²) in [6.07, 6.45) is 0.498. The topological polar surface area (TPSA) is 49.5 Å². The number of aliphatic hydroxyl groups excluding tert-OH is 1. The fourth-order valence-electron chi connectivity index (χ4n) is 1.62. The number of nitrogens with two attached hydrogens (primary N) is 1. The molecule has 3 N–H and O–H groups in total. The molecule has 0 aliphatic rings. The zero-order valence-corrected chi connectivity index (χ0v) is 12.2. The molecule has 0 spiro atoms. The van der Waals surface area contributed by atoms with Crippen LogP contribution < -0.4 is 10.6 Å². The molecule has 0 heterocycles. The van der Waals surface area contributed by atoms with E-state index in [9.17, 15) is 5.11 Å². The number of benzene rings is 1. The molecule has 0 saturated carbocycles. The van der Waals surface area contributed by atoms with Crippen molar-refractivity contribution in [3.63, 3.8) is 0 Å².